The van der Waals surface area contributed by atoms with Crippen molar-refractivity contribution in [3.63, 3.8) is 0 Å². The monoisotopic (exact) mass is 419 g/mol. The Bertz CT molecular complexity index is 838. The number of amides is 3. The molecule has 1 aliphatic heterocycles. The van der Waals surface area contributed by atoms with E-state index >= 15 is 0 Å². The molecule has 1 saturated heterocycles. The number of halogens is 2. The van der Waals surface area contributed by atoms with Gasteiger partial charge in [0.15, 0.2) is 0 Å². The SMILES string of the molecule is C=C1NC(=O)N[C@@H](c2cccc(Br)c2)[C@@H]1C(=O)Nc1ccc(Cl)cc1. The largest absolute Gasteiger partial charge is 0.330 e. The predicted molar refractivity (Wildman–Crippen MR) is 101 cm³/mol. The van der Waals surface area contributed by atoms with Crippen LogP contribution in [0.5, 0.6) is 0 Å². The molecule has 25 heavy (non-hydrogen) atoms. The Kier molecular flexibility index (Phi) is 5.11. The Labute approximate surface area is 158 Å². The Morgan fingerprint density at radius 3 is 2.60 bits per heavy atom. The highest BCUT2D eigenvalue weighted by Crippen LogP contribution is 2.31. The van der Waals surface area contributed by atoms with Crippen LogP contribution >= 0.6 is 27.5 Å². The molecular weight excluding hydrogens is 406 g/mol. The first-order valence-electron chi connectivity index (χ1n) is 7.52. The van der Waals surface area contributed by atoms with Crippen LogP contribution in [0.25, 0.3) is 0 Å². The molecule has 1 aliphatic rings. The molecule has 0 unspecified atom stereocenters. The fourth-order valence-electron chi connectivity index (χ4n) is 2.72. The molecule has 128 valence electrons. The lowest BCUT2D eigenvalue weighted by molar-refractivity contribution is -0.119. The molecule has 3 amide bonds. The van der Waals surface area contributed by atoms with Crippen molar-refractivity contribution in [1.29, 1.82) is 0 Å². The van der Waals surface area contributed by atoms with Gasteiger partial charge in [-0.3, -0.25) is 4.79 Å². The number of benzene rings is 2. The van der Waals surface area contributed by atoms with E-state index in [9.17, 15) is 9.59 Å². The summed E-state index contributed by atoms with van der Waals surface area (Å²) >= 11 is 9.28. The maximum absolute atomic E-state index is 12.8. The molecular formula is C18H15BrClN3O2. The summed E-state index contributed by atoms with van der Waals surface area (Å²) in [5, 5.41) is 8.81. The Morgan fingerprint density at radius 1 is 1.20 bits per heavy atom. The lowest BCUT2D eigenvalue weighted by atomic mass is 9.88. The van der Waals surface area contributed by atoms with Crippen LogP contribution in [0, 0.1) is 5.92 Å². The van der Waals surface area contributed by atoms with Gasteiger partial charge in [-0.25, -0.2) is 4.79 Å². The van der Waals surface area contributed by atoms with Crippen molar-refractivity contribution in [2.24, 2.45) is 5.92 Å². The summed E-state index contributed by atoms with van der Waals surface area (Å²) in [5.74, 6) is -0.938. The van der Waals surface area contributed by atoms with Crippen LogP contribution in [0.15, 0.2) is 65.3 Å². The summed E-state index contributed by atoms with van der Waals surface area (Å²) in [4.78, 5) is 24.7. The van der Waals surface area contributed by atoms with Gasteiger partial charge in [0, 0.05) is 20.9 Å². The number of urea groups is 1. The number of carbonyl (C=O) groups excluding carboxylic acids is 2. The van der Waals surface area contributed by atoms with Crippen LogP contribution in [0.1, 0.15) is 11.6 Å². The lowest BCUT2D eigenvalue weighted by Gasteiger charge is -2.34. The maximum atomic E-state index is 12.8. The second kappa shape index (κ2) is 7.29. The number of carbonyl (C=O) groups is 2. The second-order valence-corrected chi connectivity index (χ2v) is 6.98. The van der Waals surface area contributed by atoms with E-state index < -0.39 is 12.0 Å². The van der Waals surface area contributed by atoms with Crippen molar-refractivity contribution in [1.82, 2.24) is 10.6 Å². The standard InChI is InChI=1S/C18H15BrClN3O2/c1-10-15(17(24)22-14-7-5-13(20)6-8-14)16(23-18(25)21-10)11-3-2-4-12(19)9-11/h2-9,15-16H,1H2,(H,22,24)(H2,21,23,25)/t15-,16+/m1/s1. The average molecular weight is 421 g/mol. The minimum Gasteiger partial charge on any atom is -0.330 e. The van der Waals surface area contributed by atoms with Crippen molar-refractivity contribution < 1.29 is 9.59 Å². The van der Waals surface area contributed by atoms with E-state index in [4.69, 9.17) is 11.6 Å². The van der Waals surface area contributed by atoms with Gasteiger partial charge in [-0.2, -0.15) is 0 Å². The molecule has 3 rings (SSSR count). The van der Waals surface area contributed by atoms with E-state index in [-0.39, 0.29) is 11.9 Å². The second-order valence-electron chi connectivity index (χ2n) is 5.63. The minimum atomic E-state index is -0.664. The van der Waals surface area contributed by atoms with Crippen LogP contribution in [0.2, 0.25) is 5.02 Å². The minimum absolute atomic E-state index is 0.273. The summed E-state index contributed by atoms with van der Waals surface area (Å²) in [5.41, 5.74) is 1.77. The van der Waals surface area contributed by atoms with Crippen LogP contribution in [0.3, 0.4) is 0 Å². The molecule has 0 aliphatic carbocycles. The van der Waals surface area contributed by atoms with Gasteiger partial charge in [0.25, 0.3) is 0 Å². The third kappa shape index (κ3) is 4.03. The molecule has 0 saturated carbocycles. The normalized spacial score (nSPS) is 19.8. The number of rotatable bonds is 3. The Hall–Kier alpha value is -2.31. The van der Waals surface area contributed by atoms with Crippen molar-refractivity contribution in [3.05, 3.63) is 75.9 Å². The van der Waals surface area contributed by atoms with Gasteiger partial charge < -0.3 is 16.0 Å². The third-order valence-electron chi connectivity index (χ3n) is 3.87. The van der Waals surface area contributed by atoms with Crippen molar-refractivity contribution in [3.8, 4) is 0 Å². The molecule has 1 fully saturated rings. The first-order valence-corrected chi connectivity index (χ1v) is 8.69. The summed E-state index contributed by atoms with van der Waals surface area (Å²) in [6, 6.07) is 13.4. The van der Waals surface area contributed by atoms with E-state index in [2.05, 4.69) is 38.5 Å². The van der Waals surface area contributed by atoms with Gasteiger partial charge in [-0.1, -0.05) is 46.2 Å². The zero-order valence-electron chi connectivity index (χ0n) is 13.1. The maximum Gasteiger partial charge on any atom is 0.319 e. The molecule has 3 N–H and O–H groups in total. The zero-order valence-corrected chi connectivity index (χ0v) is 15.4. The fraction of sp³-hybridized carbons (Fsp3) is 0.111. The van der Waals surface area contributed by atoms with Gasteiger partial charge in [-0.15, -0.1) is 0 Å². The van der Waals surface area contributed by atoms with Gasteiger partial charge in [0.05, 0.1) is 6.04 Å². The summed E-state index contributed by atoms with van der Waals surface area (Å²) < 4.78 is 0.861. The first-order chi connectivity index (χ1) is 11.9. The molecule has 0 radical (unpaired) electrons. The molecule has 0 bridgehead atoms. The number of nitrogens with one attached hydrogen (secondary N) is 3. The van der Waals surface area contributed by atoms with E-state index in [1.807, 2.05) is 24.3 Å². The van der Waals surface area contributed by atoms with E-state index in [0.29, 0.717) is 16.4 Å². The molecule has 1 heterocycles. The smallest absolute Gasteiger partial charge is 0.319 e. The van der Waals surface area contributed by atoms with Gasteiger partial charge >= 0.3 is 6.03 Å². The van der Waals surface area contributed by atoms with Crippen LogP contribution in [0.4, 0.5) is 10.5 Å². The number of hydrogen-bond acceptors (Lipinski definition) is 2. The first kappa shape index (κ1) is 17.5. The van der Waals surface area contributed by atoms with Crippen molar-refractivity contribution in [2.75, 3.05) is 5.32 Å². The fourth-order valence-corrected chi connectivity index (χ4v) is 3.27. The molecule has 0 spiro atoms. The molecule has 7 heteroatoms. The summed E-state index contributed by atoms with van der Waals surface area (Å²) in [6.45, 7) is 3.86. The molecule has 5 nitrogen and oxygen atoms in total. The van der Waals surface area contributed by atoms with Crippen LogP contribution in [-0.4, -0.2) is 11.9 Å². The molecule has 0 aromatic heterocycles. The Morgan fingerprint density at radius 2 is 1.92 bits per heavy atom. The molecule has 2 aromatic rings. The van der Waals surface area contributed by atoms with Crippen molar-refractivity contribution in [2.45, 2.75) is 6.04 Å². The molecule has 2 atom stereocenters. The summed E-state index contributed by atoms with van der Waals surface area (Å²) in [6.07, 6.45) is 0. The van der Waals surface area contributed by atoms with E-state index in [1.54, 1.807) is 24.3 Å². The quantitative estimate of drug-likeness (QED) is 0.695. The molecule has 2 aromatic carbocycles. The summed E-state index contributed by atoms with van der Waals surface area (Å²) in [7, 11) is 0. The van der Waals surface area contributed by atoms with Gasteiger partial charge in [0.1, 0.15) is 5.92 Å². The predicted octanol–water partition coefficient (Wildman–Crippen LogP) is 4.23. The van der Waals surface area contributed by atoms with Crippen LogP contribution in [-0.2, 0) is 4.79 Å². The average Bonchev–Trinajstić information content (AvgIpc) is 2.56. The zero-order chi connectivity index (χ0) is 18.0. The Balaban J connectivity index is 1.89. The van der Waals surface area contributed by atoms with Crippen molar-refractivity contribution >= 4 is 45.2 Å². The highest BCUT2D eigenvalue weighted by molar-refractivity contribution is 9.10. The topological polar surface area (TPSA) is 70.2 Å². The number of anilines is 1. The lowest BCUT2D eigenvalue weighted by Crippen LogP contribution is -2.51. The highest BCUT2D eigenvalue weighted by atomic mass is 79.9. The van der Waals surface area contributed by atoms with E-state index in [1.165, 1.54) is 0 Å². The third-order valence-corrected chi connectivity index (χ3v) is 4.62. The van der Waals surface area contributed by atoms with Gasteiger partial charge in [0.2, 0.25) is 5.91 Å². The van der Waals surface area contributed by atoms with E-state index in [0.717, 1.165) is 10.0 Å². The number of hydrogen-bond donors (Lipinski definition) is 3. The van der Waals surface area contributed by atoms with Gasteiger partial charge in [-0.05, 0) is 42.0 Å². The van der Waals surface area contributed by atoms with Crippen LogP contribution < -0.4 is 16.0 Å². The highest BCUT2D eigenvalue weighted by Gasteiger charge is 2.37.